The van der Waals surface area contributed by atoms with Crippen LogP contribution in [-0.4, -0.2) is 99.2 Å². The van der Waals surface area contributed by atoms with Crippen molar-refractivity contribution in [2.75, 3.05) is 18.9 Å². The second kappa shape index (κ2) is 10.5. The number of nitrogens with two attached hydrogens (primary N) is 1. The summed E-state index contributed by atoms with van der Waals surface area (Å²) in [6.45, 7) is -1.64. The number of alkyl halides is 1. The zero-order chi connectivity index (χ0) is 28.1. The van der Waals surface area contributed by atoms with Crippen LogP contribution in [0.1, 0.15) is 12.5 Å². The first kappa shape index (κ1) is 27.4. The van der Waals surface area contributed by atoms with Crippen LogP contribution in [0.5, 0.6) is 0 Å². The lowest BCUT2D eigenvalue weighted by atomic mass is 10.1. The number of aromatic amines is 1. The van der Waals surface area contributed by atoms with Crippen LogP contribution in [0.3, 0.4) is 0 Å². The van der Waals surface area contributed by atoms with E-state index in [2.05, 4.69) is 15.0 Å². The Morgan fingerprint density at radius 1 is 1.13 bits per heavy atom. The summed E-state index contributed by atoms with van der Waals surface area (Å²) < 4.78 is 50.5. The van der Waals surface area contributed by atoms with E-state index in [0.29, 0.717) is 4.57 Å². The minimum atomic E-state index is -5.10. The molecule has 0 spiro atoms. The Balaban J connectivity index is 1.26. The molecule has 9 atom stereocenters. The predicted octanol–water partition coefficient (Wildman–Crippen LogP) is -2.69. The number of phosphoric acid groups is 1. The number of nitrogen functional groups attached to an aromatic ring is 1. The highest BCUT2D eigenvalue weighted by atomic mass is 31.2. The van der Waals surface area contributed by atoms with Gasteiger partial charge >= 0.3 is 13.5 Å². The molecule has 3 aromatic rings. The van der Waals surface area contributed by atoms with Crippen LogP contribution in [0.2, 0.25) is 0 Å². The average molecular weight is 575 g/mol. The molecule has 0 amide bonds. The van der Waals surface area contributed by atoms with Gasteiger partial charge in [-0.05, 0) is 0 Å². The first-order chi connectivity index (χ1) is 18.5. The third-order valence-corrected chi connectivity index (χ3v) is 7.21. The number of ether oxygens (including phenoxy) is 2. The largest absolute Gasteiger partial charge is 0.472 e. The molecule has 3 aromatic heterocycles. The van der Waals surface area contributed by atoms with Gasteiger partial charge in [0, 0.05) is 12.3 Å². The molecule has 18 nitrogen and oxygen atoms in total. The molecule has 0 aliphatic carbocycles. The van der Waals surface area contributed by atoms with Crippen LogP contribution in [0.15, 0.2) is 34.5 Å². The lowest BCUT2D eigenvalue weighted by molar-refractivity contribution is -0.0592. The smallest absolute Gasteiger partial charge is 0.394 e. The van der Waals surface area contributed by atoms with Crippen molar-refractivity contribution in [3.8, 4) is 0 Å². The quantitative estimate of drug-likeness (QED) is 0.149. The summed E-state index contributed by atoms with van der Waals surface area (Å²) in [5.74, 6) is 0.0703. The normalized spacial score (nSPS) is 32.5. The van der Waals surface area contributed by atoms with E-state index >= 15 is 4.39 Å². The summed E-state index contributed by atoms with van der Waals surface area (Å²) in [5.41, 5.74) is 4.40. The second-order valence-electron chi connectivity index (χ2n) is 8.67. The molecule has 212 valence electrons. The highest BCUT2D eigenvalue weighted by Crippen LogP contribution is 2.49. The van der Waals surface area contributed by atoms with E-state index in [0.717, 1.165) is 18.6 Å². The first-order valence-electron chi connectivity index (χ1n) is 11.3. The van der Waals surface area contributed by atoms with Crippen LogP contribution >= 0.6 is 7.82 Å². The molecule has 2 saturated heterocycles. The Hall–Kier alpha value is -3.13. The third kappa shape index (κ3) is 5.11. The van der Waals surface area contributed by atoms with Crippen molar-refractivity contribution in [1.29, 1.82) is 0 Å². The molecular formula is C19H23FN7O11P. The number of imidazole rings is 1. The summed E-state index contributed by atoms with van der Waals surface area (Å²) in [6, 6.07) is 0.933. The van der Waals surface area contributed by atoms with Crippen molar-refractivity contribution in [3.05, 3.63) is 45.8 Å². The van der Waals surface area contributed by atoms with Gasteiger partial charge in [0.15, 0.2) is 30.1 Å². The summed E-state index contributed by atoms with van der Waals surface area (Å²) in [6.07, 6.45) is -9.68. The van der Waals surface area contributed by atoms with Gasteiger partial charge in [-0.1, -0.05) is 0 Å². The highest BCUT2D eigenvalue weighted by molar-refractivity contribution is 7.47. The van der Waals surface area contributed by atoms with Crippen LogP contribution in [0.25, 0.3) is 11.2 Å². The minimum Gasteiger partial charge on any atom is -0.394 e. The van der Waals surface area contributed by atoms with E-state index in [9.17, 15) is 34.4 Å². The van der Waals surface area contributed by atoms with Crippen molar-refractivity contribution in [2.45, 2.75) is 49.1 Å². The monoisotopic (exact) mass is 575 g/mol. The van der Waals surface area contributed by atoms with E-state index < -0.39 is 81.4 Å². The van der Waals surface area contributed by atoms with Gasteiger partial charge in [0.05, 0.1) is 19.5 Å². The van der Waals surface area contributed by atoms with Crippen LogP contribution in [0.4, 0.5) is 10.2 Å². The van der Waals surface area contributed by atoms with Gasteiger partial charge in [-0.3, -0.25) is 28.0 Å². The van der Waals surface area contributed by atoms with E-state index in [-0.39, 0.29) is 17.0 Å². The van der Waals surface area contributed by atoms with Crippen molar-refractivity contribution >= 4 is 24.8 Å². The number of hydrogen-bond donors (Lipinski definition) is 6. The molecule has 7 N–H and O–H groups in total. The number of nitrogens with zero attached hydrogens (tertiary/aromatic N) is 5. The van der Waals surface area contributed by atoms with E-state index in [1.165, 1.54) is 10.9 Å². The van der Waals surface area contributed by atoms with Crippen molar-refractivity contribution in [3.63, 3.8) is 0 Å². The molecule has 39 heavy (non-hydrogen) atoms. The molecule has 1 unspecified atom stereocenters. The Labute approximate surface area is 216 Å². The molecule has 0 aromatic carbocycles. The summed E-state index contributed by atoms with van der Waals surface area (Å²) in [5, 5.41) is 30.5. The van der Waals surface area contributed by atoms with E-state index in [1.807, 2.05) is 4.98 Å². The zero-order valence-corrected chi connectivity index (χ0v) is 20.5. The topological polar surface area (TPSA) is 259 Å². The van der Waals surface area contributed by atoms with E-state index in [1.54, 1.807) is 0 Å². The Morgan fingerprint density at radius 2 is 1.87 bits per heavy atom. The SMILES string of the molecule is Nc1ncnc2c1ncn2[C@@H]1O[C@H](COP(=O)(O)O[C@H]2[C@@H](F)[C@H](n3ccc(=O)[nH]c3=O)O[C@@H]2CO)[C@@H](O)[C@H]1O. The Bertz CT molecular complexity index is 1520. The molecule has 2 aliphatic rings. The first-order valence-corrected chi connectivity index (χ1v) is 12.8. The lowest BCUT2D eigenvalue weighted by Gasteiger charge is -2.22. The zero-order valence-electron chi connectivity index (χ0n) is 19.6. The summed E-state index contributed by atoms with van der Waals surface area (Å²) >= 11 is 0. The van der Waals surface area contributed by atoms with Crippen molar-refractivity contribution in [1.82, 2.24) is 29.1 Å². The van der Waals surface area contributed by atoms with E-state index in [4.69, 9.17) is 24.3 Å². The number of H-pyrrole nitrogens is 1. The summed E-state index contributed by atoms with van der Waals surface area (Å²) in [7, 11) is -5.10. The number of aromatic nitrogens is 6. The molecule has 0 bridgehead atoms. The highest BCUT2D eigenvalue weighted by Gasteiger charge is 2.51. The average Bonchev–Trinajstić information content (AvgIpc) is 3.53. The van der Waals surface area contributed by atoms with Gasteiger partial charge in [-0.2, -0.15) is 0 Å². The fourth-order valence-electron chi connectivity index (χ4n) is 4.32. The maximum absolute atomic E-state index is 15.2. The van der Waals surface area contributed by atoms with Crippen LogP contribution in [0, 0.1) is 0 Å². The number of hydrogen-bond acceptors (Lipinski definition) is 14. The number of phosphoric ester groups is 1. The number of aliphatic hydroxyl groups is 3. The fraction of sp³-hybridized carbons (Fsp3) is 0.526. The van der Waals surface area contributed by atoms with Crippen molar-refractivity contribution < 1.29 is 47.7 Å². The predicted molar refractivity (Wildman–Crippen MR) is 124 cm³/mol. The van der Waals surface area contributed by atoms with Gasteiger partial charge in [0.1, 0.15) is 42.4 Å². The molecule has 2 aliphatic heterocycles. The van der Waals surface area contributed by atoms with Gasteiger partial charge in [0.25, 0.3) is 5.56 Å². The van der Waals surface area contributed by atoms with Gasteiger partial charge in [0.2, 0.25) is 0 Å². The Morgan fingerprint density at radius 3 is 2.59 bits per heavy atom. The molecule has 20 heteroatoms. The number of aliphatic hydroxyl groups excluding tert-OH is 3. The van der Waals surface area contributed by atoms with Gasteiger partial charge in [-0.25, -0.2) is 28.7 Å². The molecule has 0 saturated carbocycles. The number of fused-ring (bicyclic) bond motifs is 1. The molecule has 5 rings (SSSR count). The number of rotatable bonds is 8. The Kier molecular flexibility index (Phi) is 7.35. The minimum absolute atomic E-state index is 0.0703. The van der Waals surface area contributed by atoms with Crippen LogP contribution < -0.4 is 17.0 Å². The molecule has 2 fully saturated rings. The second-order valence-corrected chi connectivity index (χ2v) is 10.1. The molecule has 5 heterocycles. The lowest BCUT2D eigenvalue weighted by Crippen LogP contribution is -2.37. The number of anilines is 1. The third-order valence-electron chi connectivity index (χ3n) is 6.23. The maximum Gasteiger partial charge on any atom is 0.472 e. The van der Waals surface area contributed by atoms with Crippen molar-refractivity contribution in [2.24, 2.45) is 0 Å². The molecular weight excluding hydrogens is 552 g/mol. The van der Waals surface area contributed by atoms with Crippen LogP contribution in [-0.2, 0) is 23.1 Å². The fourth-order valence-corrected chi connectivity index (χ4v) is 5.28. The standard InChI is InChI=1S/C19H23FN7O11P/c20-10-14(7(3-28)36-17(10)26-2-1-9(29)25-19(26)32)38-39(33,34)35-4-8-12(30)13(31)18(37-8)27-6-24-11-15(21)22-5-23-16(11)27/h1-2,5-8,10,12-14,17-18,28,30-31H,3-4H2,(H,33,34)(H2,21,22,23)(H,25,29,32)/t7-,8-,10-,12-,13-,14-,17-,18-/m1/s1. The maximum atomic E-state index is 15.2. The number of nitrogens with one attached hydrogen (secondary N) is 1. The molecule has 0 radical (unpaired) electrons. The number of halogens is 1. The summed E-state index contributed by atoms with van der Waals surface area (Å²) in [4.78, 5) is 47.3. The van der Waals surface area contributed by atoms with Gasteiger partial charge in [-0.15, -0.1) is 0 Å². The van der Waals surface area contributed by atoms with Gasteiger partial charge < -0.3 is 35.4 Å².